The third-order valence-electron chi connectivity index (χ3n) is 4.07. The summed E-state index contributed by atoms with van der Waals surface area (Å²) in [6.45, 7) is 0. The second-order valence-corrected chi connectivity index (χ2v) is 7.45. The molecule has 0 bridgehead atoms. The number of carbonyl (C=O) groups is 1. The van der Waals surface area contributed by atoms with Gasteiger partial charge in [0.05, 0.1) is 0 Å². The van der Waals surface area contributed by atoms with Gasteiger partial charge in [0.2, 0.25) is 0 Å². The number of rotatable bonds is 12. The van der Waals surface area contributed by atoms with Crippen LogP contribution in [0.2, 0.25) is 0 Å². The molecule has 0 aliphatic carbocycles. The first-order valence-corrected chi connectivity index (χ1v) is 11.1. The van der Waals surface area contributed by atoms with Crippen LogP contribution < -0.4 is 0 Å². The Morgan fingerprint density at radius 3 is 1.96 bits per heavy atom. The van der Waals surface area contributed by atoms with Gasteiger partial charge in [0, 0.05) is 27.5 Å². The third kappa shape index (κ3) is 8.03. The fourth-order valence-electron chi connectivity index (χ4n) is 2.72. The molecule has 28 heavy (non-hydrogen) atoms. The highest BCUT2D eigenvalue weighted by Crippen LogP contribution is 2.29. The Hall–Kier alpha value is -1.85. The molecule has 2 unspecified atom stereocenters. The van der Waals surface area contributed by atoms with Crippen LogP contribution in [-0.2, 0) is 18.2 Å². The van der Waals surface area contributed by atoms with E-state index in [2.05, 4.69) is 9.05 Å². The van der Waals surface area contributed by atoms with Crippen molar-refractivity contribution in [1.29, 1.82) is 0 Å². The second-order valence-electron chi connectivity index (χ2n) is 6.08. The molecular formula is C19H22O7P2+2. The second kappa shape index (κ2) is 11.9. The summed E-state index contributed by atoms with van der Waals surface area (Å²) < 4.78 is 30.4. The maximum atomic E-state index is 12.3. The summed E-state index contributed by atoms with van der Waals surface area (Å²) in [6, 6.07) is 17.4. The fourth-order valence-corrected chi connectivity index (χ4v) is 3.49. The van der Waals surface area contributed by atoms with E-state index in [-0.39, 0.29) is 12.2 Å². The molecule has 2 aromatic rings. The summed E-state index contributed by atoms with van der Waals surface area (Å²) in [4.78, 5) is 29.7. The van der Waals surface area contributed by atoms with Crippen molar-refractivity contribution >= 4 is 22.3 Å². The number of hydrogen-bond acceptors (Lipinski definition) is 5. The minimum absolute atomic E-state index is 0.0422. The van der Waals surface area contributed by atoms with E-state index in [9.17, 15) is 13.9 Å². The van der Waals surface area contributed by atoms with E-state index in [0.717, 1.165) is 11.1 Å². The Balaban J connectivity index is 1.74. The number of Topliss-reactive ketones (excluding diaryl/α,β-unsaturated/α-hetero) is 1. The highest BCUT2D eigenvalue weighted by Gasteiger charge is 2.31. The molecule has 7 nitrogen and oxygen atoms in total. The fraction of sp³-hybridized carbons (Fsp3) is 0.316. The lowest BCUT2D eigenvalue weighted by Gasteiger charge is -2.05. The summed E-state index contributed by atoms with van der Waals surface area (Å²) in [5.74, 6) is 0.0422. The number of carbonyl (C=O) groups excluding carboxylic acids is 1. The molecule has 2 rings (SSSR count). The molecule has 0 aromatic heterocycles. The minimum Gasteiger partial charge on any atom is -0.294 e. The van der Waals surface area contributed by atoms with Crippen molar-refractivity contribution in [2.75, 3.05) is 0 Å². The van der Waals surface area contributed by atoms with Gasteiger partial charge in [0.25, 0.3) is 6.29 Å². The lowest BCUT2D eigenvalue weighted by Crippen LogP contribution is -2.10. The van der Waals surface area contributed by atoms with Crippen molar-refractivity contribution in [3.05, 3.63) is 60.2 Å². The standard InChI is InChI=1S/C19H20O7P2/c20-18(9-5-2-6-10-19(25-27(21)22)26-28(23)24)17-13-11-16(12-14-17)15-7-3-1-4-8-15/h1,3-4,7-8,11-14,19H,2,5-6,9-10H2/p+2. The Labute approximate surface area is 165 Å². The summed E-state index contributed by atoms with van der Waals surface area (Å²) in [6.07, 6.45) is 1.15. The molecule has 0 fully saturated rings. The van der Waals surface area contributed by atoms with Gasteiger partial charge in [0.15, 0.2) is 5.78 Å². The maximum Gasteiger partial charge on any atom is 0.697 e. The number of benzene rings is 2. The molecule has 0 radical (unpaired) electrons. The molecule has 2 atom stereocenters. The zero-order valence-corrected chi connectivity index (χ0v) is 16.9. The molecular weight excluding hydrogens is 402 g/mol. The molecule has 0 aliphatic rings. The summed E-state index contributed by atoms with van der Waals surface area (Å²) >= 11 is 0. The predicted molar refractivity (Wildman–Crippen MR) is 105 cm³/mol. The van der Waals surface area contributed by atoms with E-state index >= 15 is 0 Å². The average Bonchev–Trinajstić information content (AvgIpc) is 2.67. The maximum absolute atomic E-state index is 12.3. The Morgan fingerprint density at radius 2 is 1.39 bits per heavy atom. The SMILES string of the molecule is O=C(CCCCCC(O[P+](=O)O)O[P+](=O)O)c1ccc(-c2ccccc2)cc1. The monoisotopic (exact) mass is 424 g/mol. The van der Waals surface area contributed by atoms with Crippen molar-refractivity contribution in [2.24, 2.45) is 0 Å². The topological polar surface area (TPSA) is 110 Å². The normalized spacial score (nSPS) is 13.1. The van der Waals surface area contributed by atoms with Crippen LogP contribution in [0.15, 0.2) is 54.6 Å². The van der Waals surface area contributed by atoms with E-state index in [0.29, 0.717) is 31.2 Å². The van der Waals surface area contributed by atoms with E-state index in [1.165, 1.54) is 0 Å². The number of hydrogen-bond donors (Lipinski definition) is 2. The van der Waals surface area contributed by atoms with Crippen molar-refractivity contribution in [2.45, 2.75) is 38.4 Å². The van der Waals surface area contributed by atoms with Crippen LogP contribution in [0.1, 0.15) is 42.5 Å². The van der Waals surface area contributed by atoms with Crippen LogP contribution in [0, 0.1) is 0 Å². The molecule has 9 heteroatoms. The summed E-state index contributed by atoms with van der Waals surface area (Å²) in [7, 11) is -5.85. The van der Waals surface area contributed by atoms with Gasteiger partial charge in [-0.1, -0.05) is 70.1 Å². The van der Waals surface area contributed by atoms with Crippen LogP contribution in [-0.4, -0.2) is 21.9 Å². The first-order chi connectivity index (χ1) is 13.5. The first kappa shape index (κ1) is 22.4. The molecule has 0 heterocycles. The highest BCUT2D eigenvalue weighted by molar-refractivity contribution is 7.32. The lowest BCUT2D eigenvalue weighted by molar-refractivity contribution is -0.00530. The third-order valence-corrected chi connectivity index (χ3v) is 4.90. The van der Waals surface area contributed by atoms with Crippen LogP contribution in [0.4, 0.5) is 0 Å². The van der Waals surface area contributed by atoms with Gasteiger partial charge < -0.3 is 0 Å². The molecule has 0 saturated heterocycles. The molecule has 0 saturated carbocycles. The first-order valence-electron chi connectivity index (χ1n) is 8.80. The lowest BCUT2D eigenvalue weighted by atomic mass is 10.00. The van der Waals surface area contributed by atoms with Crippen LogP contribution in [0.3, 0.4) is 0 Å². The van der Waals surface area contributed by atoms with E-state index in [1.54, 1.807) is 0 Å². The minimum atomic E-state index is -2.92. The van der Waals surface area contributed by atoms with Gasteiger partial charge in [-0.15, -0.1) is 9.79 Å². The predicted octanol–water partition coefficient (Wildman–Crippen LogP) is 5.15. The Kier molecular flexibility index (Phi) is 9.51. The van der Waals surface area contributed by atoms with E-state index < -0.39 is 22.8 Å². The average molecular weight is 424 g/mol. The van der Waals surface area contributed by atoms with E-state index in [1.807, 2.05) is 54.6 Å². The molecule has 2 N–H and O–H groups in total. The van der Waals surface area contributed by atoms with E-state index in [4.69, 9.17) is 9.79 Å². The molecule has 0 aliphatic heterocycles. The summed E-state index contributed by atoms with van der Waals surface area (Å²) in [5, 5.41) is 0. The van der Waals surface area contributed by atoms with Gasteiger partial charge in [-0.05, 0) is 24.0 Å². The van der Waals surface area contributed by atoms with Crippen molar-refractivity contribution in [1.82, 2.24) is 0 Å². The zero-order valence-electron chi connectivity index (χ0n) is 15.1. The number of ketones is 1. The van der Waals surface area contributed by atoms with Crippen LogP contribution in [0.25, 0.3) is 11.1 Å². The van der Waals surface area contributed by atoms with Crippen molar-refractivity contribution in [3.63, 3.8) is 0 Å². The smallest absolute Gasteiger partial charge is 0.294 e. The Morgan fingerprint density at radius 1 is 0.821 bits per heavy atom. The van der Waals surface area contributed by atoms with Crippen LogP contribution >= 0.6 is 16.5 Å². The van der Waals surface area contributed by atoms with Gasteiger partial charge in [0.1, 0.15) is 0 Å². The van der Waals surface area contributed by atoms with Gasteiger partial charge in [-0.25, -0.2) is 0 Å². The van der Waals surface area contributed by atoms with Crippen LogP contribution in [0.5, 0.6) is 0 Å². The number of unbranched alkanes of at least 4 members (excludes halogenated alkanes) is 2. The van der Waals surface area contributed by atoms with Gasteiger partial charge >= 0.3 is 16.5 Å². The van der Waals surface area contributed by atoms with Crippen molar-refractivity contribution in [3.8, 4) is 11.1 Å². The molecule has 148 valence electrons. The zero-order chi connectivity index (χ0) is 20.4. The van der Waals surface area contributed by atoms with Crippen molar-refractivity contribution < 1.29 is 32.8 Å². The highest BCUT2D eigenvalue weighted by atomic mass is 31.1. The Bertz CT molecular complexity index is 778. The molecule has 0 spiro atoms. The molecule has 0 amide bonds. The largest absolute Gasteiger partial charge is 0.697 e. The summed E-state index contributed by atoms with van der Waals surface area (Å²) in [5.41, 5.74) is 2.79. The molecule has 2 aromatic carbocycles. The quantitative estimate of drug-likeness (QED) is 0.210. The van der Waals surface area contributed by atoms with Gasteiger partial charge in [-0.3, -0.25) is 4.79 Å². The van der Waals surface area contributed by atoms with Gasteiger partial charge in [-0.2, -0.15) is 0 Å².